The van der Waals surface area contributed by atoms with Crippen LogP contribution in [0.3, 0.4) is 0 Å². The molecule has 2 aromatic rings. The summed E-state index contributed by atoms with van der Waals surface area (Å²) in [6.45, 7) is 2.67. The first-order valence-electron chi connectivity index (χ1n) is 14.7. The number of nitrogens with zero attached hydrogens (tertiary/aromatic N) is 2. The molecule has 2 heterocycles. The molecule has 234 valence electrons. The maximum atomic E-state index is 14.8. The number of ketones is 1. The fraction of sp³-hybridized carbons (Fsp3) is 0.531. The van der Waals surface area contributed by atoms with Crippen molar-refractivity contribution in [1.29, 1.82) is 0 Å². The highest BCUT2D eigenvalue weighted by atomic mass is 19.4. The first-order chi connectivity index (χ1) is 20.3. The number of alkyl halides is 3. The summed E-state index contributed by atoms with van der Waals surface area (Å²) in [7, 11) is 3.38. The van der Waals surface area contributed by atoms with Crippen LogP contribution in [-0.2, 0) is 4.79 Å². The molecule has 4 rings (SSSR count). The van der Waals surface area contributed by atoms with E-state index in [9.17, 15) is 31.9 Å². The van der Waals surface area contributed by atoms with Crippen LogP contribution in [0.5, 0.6) is 0 Å². The van der Waals surface area contributed by atoms with Gasteiger partial charge in [-0.15, -0.1) is 0 Å². The molecule has 2 aliphatic rings. The molecule has 5 atom stereocenters. The Balaban J connectivity index is 1.57. The van der Waals surface area contributed by atoms with Gasteiger partial charge >= 0.3 is 6.18 Å². The molecule has 0 saturated carbocycles. The van der Waals surface area contributed by atoms with E-state index in [0.717, 1.165) is 10.5 Å². The molecule has 2 aliphatic heterocycles. The zero-order valence-electron chi connectivity index (χ0n) is 24.8. The maximum Gasteiger partial charge on any atom is 0.408 e. The second kappa shape index (κ2) is 13.5. The van der Waals surface area contributed by atoms with Crippen LogP contribution in [-0.4, -0.2) is 79.4 Å². The van der Waals surface area contributed by atoms with Crippen molar-refractivity contribution in [3.63, 3.8) is 0 Å². The minimum absolute atomic E-state index is 0.0849. The summed E-state index contributed by atoms with van der Waals surface area (Å²) in [5.41, 5.74) is 7.17. The first-order valence-corrected chi connectivity index (χ1v) is 14.7. The molecule has 7 nitrogen and oxygen atoms in total. The van der Waals surface area contributed by atoms with Gasteiger partial charge in [-0.3, -0.25) is 19.3 Å². The van der Waals surface area contributed by atoms with Crippen molar-refractivity contribution in [2.24, 2.45) is 17.6 Å². The number of Topliss-reactive ketones (excluding diaryl/α,β-unsaturated/α-hetero) is 1. The normalized spacial score (nSPS) is 23.4. The van der Waals surface area contributed by atoms with Crippen LogP contribution >= 0.6 is 0 Å². The Kier molecular flexibility index (Phi) is 10.3. The molecule has 0 spiro atoms. The van der Waals surface area contributed by atoms with Gasteiger partial charge in [0.25, 0.3) is 0 Å². The molecule has 0 aliphatic carbocycles. The SMILES string of the molecule is Cc1c(F)cccc1C1C(CCC[C@@H](C(=O)N2CCC[C@H]2C(F)(F)F)N(C)C)CNCC1C(=O)c1cccc(C(N)=O)c1. The average Bonchev–Trinajstić information content (AvgIpc) is 3.47. The second-order valence-corrected chi connectivity index (χ2v) is 12.0. The summed E-state index contributed by atoms with van der Waals surface area (Å²) < 4.78 is 55.5. The zero-order chi connectivity index (χ0) is 31.5. The van der Waals surface area contributed by atoms with Gasteiger partial charge in [-0.2, -0.15) is 13.2 Å². The molecular weight excluding hydrogens is 564 g/mol. The van der Waals surface area contributed by atoms with Crippen LogP contribution in [0.25, 0.3) is 0 Å². The van der Waals surface area contributed by atoms with Crippen molar-refractivity contribution >= 4 is 17.6 Å². The summed E-state index contributed by atoms with van der Waals surface area (Å²) in [4.78, 5) is 41.6. The lowest BCUT2D eigenvalue weighted by Crippen LogP contribution is -2.52. The molecule has 2 fully saturated rings. The lowest BCUT2D eigenvalue weighted by atomic mass is 9.69. The Morgan fingerprint density at radius 2 is 1.79 bits per heavy atom. The number of likely N-dealkylation sites (N-methyl/N-ethyl adjacent to an activating group) is 1. The number of nitrogens with two attached hydrogens (primary N) is 1. The van der Waals surface area contributed by atoms with E-state index in [1.165, 1.54) is 18.2 Å². The molecule has 0 bridgehead atoms. The third-order valence-electron chi connectivity index (χ3n) is 9.02. The van der Waals surface area contributed by atoms with Crippen LogP contribution in [0, 0.1) is 24.6 Å². The quantitative estimate of drug-likeness (QED) is 0.303. The summed E-state index contributed by atoms with van der Waals surface area (Å²) in [5.74, 6) is -2.77. The van der Waals surface area contributed by atoms with Crippen LogP contribution in [0.15, 0.2) is 42.5 Å². The first kappa shape index (κ1) is 32.6. The van der Waals surface area contributed by atoms with E-state index in [2.05, 4.69) is 5.32 Å². The molecular formula is C32H40F4N4O3. The number of primary amides is 1. The third-order valence-corrected chi connectivity index (χ3v) is 9.02. The van der Waals surface area contributed by atoms with Crippen molar-refractivity contribution < 1.29 is 31.9 Å². The van der Waals surface area contributed by atoms with E-state index in [-0.39, 0.29) is 42.0 Å². The fourth-order valence-electron chi connectivity index (χ4n) is 6.78. The highest BCUT2D eigenvalue weighted by Gasteiger charge is 2.49. The highest BCUT2D eigenvalue weighted by Crippen LogP contribution is 2.41. The number of hydrogen-bond donors (Lipinski definition) is 2. The highest BCUT2D eigenvalue weighted by molar-refractivity contribution is 6.01. The van der Waals surface area contributed by atoms with Crippen LogP contribution in [0.1, 0.15) is 69.9 Å². The molecule has 3 unspecified atom stereocenters. The number of carbonyl (C=O) groups excluding carboxylic acids is 3. The van der Waals surface area contributed by atoms with Gasteiger partial charge in [0.05, 0.1) is 6.04 Å². The minimum atomic E-state index is -4.47. The van der Waals surface area contributed by atoms with Gasteiger partial charge in [0.2, 0.25) is 11.8 Å². The van der Waals surface area contributed by atoms with E-state index in [0.29, 0.717) is 49.9 Å². The maximum absolute atomic E-state index is 14.8. The fourth-order valence-corrected chi connectivity index (χ4v) is 6.78. The molecule has 0 aromatic heterocycles. The summed E-state index contributed by atoms with van der Waals surface area (Å²) in [6.07, 6.45) is -2.80. The van der Waals surface area contributed by atoms with Crippen LogP contribution in [0.4, 0.5) is 17.6 Å². The lowest BCUT2D eigenvalue weighted by molar-refractivity contribution is -0.184. The number of hydrogen-bond acceptors (Lipinski definition) is 5. The van der Waals surface area contributed by atoms with Crippen molar-refractivity contribution in [1.82, 2.24) is 15.1 Å². The standard InChI is InChI=1S/C32H40F4N4O3/c1-19-23(11-6-12-25(19)33)28-22(17-38-18-24(28)29(41)20-8-4-9-21(16-20)30(37)42)10-5-13-26(39(2)3)31(43)40-15-7-14-27(40)32(34,35)36/h4,6,8-9,11-12,16,22,24,26-28,38H,5,7,10,13-15,17-18H2,1-3H3,(H2,37,42)/t22?,24?,26-,27-,28?/m0/s1. The number of halogens is 4. The van der Waals surface area contributed by atoms with E-state index in [1.54, 1.807) is 44.1 Å². The predicted octanol–water partition coefficient (Wildman–Crippen LogP) is 4.69. The monoisotopic (exact) mass is 604 g/mol. The molecule has 2 aromatic carbocycles. The van der Waals surface area contributed by atoms with Crippen molar-refractivity contribution in [2.45, 2.75) is 63.2 Å². The lowest BCUT2D eigenvalue weighted by Gasteiger charge is -2.40. The van der Waals surface area contributed by atoms with Gasteiger partial charge < -0.3 is 16.0 Å². The molecule has 0 radical (unpaired) electrons. The Labute approximate surface area is 249 Å². The Morgan fingerprint density at radius 3 is 2.47 bits per heavy atom. The molecule has 43 heavy (non-hydrogen) atoms. The van der Waals surface area contributed by atoms with Gasteiger partial charge in [-0.05, 0) is 94.4 Å². The number of amides is 2. The average molecular weight is 605 g/mol. The van der Waals surface area contributed by atoms with Gasteiger partial charge in [0.1, 0.15) is 11.9 Å². The Morgan fingerprint density at radius 1 is 1.09 bits per heavy atom. The number of benzene rings is 2. The van der Waals surface area contributed by atoms with Gasteiger partial charge in [-0.25, -0.2) is 4.39 Å². The van der Waals surface area contributed by atoms with Gasteiger partial charge in [-0.1, -0.05) is 30.7 Å². The topological polar surface area (TPSA) is 95.7 Å². The molecule has 11 heteroatoms. The van der Waals surface area contributed by atoms with E-state index in [1.807, 2.05) is 6.07 Å². The van der Waals surface area contributed by atoms with Crippen molar-refractivity contribution in [3.8, 4) is 0 Å². The number of likely N-dealkylation sites (tertiary alicyclic amines) is 1. The van der Waals surface area contributed by atoms with Crippen molar-refractivity contribution in [3.05, 3.63) is 70.5 Å². The summed E-state index contributed by atoms with van der Waals surface area (Å²) >= 11 is 0. The summed E-state index contributed by atoms with van der Waals surface area (Å²) in [5, 5.41) is 3.34. The van der Waals surface area contributed by atoms with Crippen LogP contribution in [0.2, 0.25) is 0 Å². The third kappa shape index (κ3) is 7.26. The number of carbonyl (C=O) groups is 3. The largest absolute Gasteiger partial charge is 0.408 e. The zero-order valence-corrected chi connectivity index (χ0v) is 24.8. The van der Waals surface area contributed by atoms with E-state index in [4.69, 9.17) is 5.73 Å². The van der Waals surface area contributed by atoms with Gasteiger partial charge in [0.15, 0.2) is 5.78 Å². The number of piperidine rings is 1. The molecule has 2 saturated heterocycles. The minimum Gasteiger partial charge on any atom is -0.366 e. The molecule has 2 amide bonds. The summed E-state index contributed by atoms with van der Waals surface area (Å²) in [6, 6.07) is 8.60. The predicted molar refractivity (Wildman–Crippen MR) is 155 cm³/mol. The number of nitrogens with one attached hydrogen (secondary N) is 1. The number of rotatable bonds is 10. The Hall–Kier alpha value is -3.31. The Bertz CT molecular complexity index is 1330. The van der Waals surface area contributed by atoms with E-state index >= 15 is 0 Å². The van der Waals surface area contributed by atoms with Crippen LogP contribution < -0.4 is 11.1 Å². The smallest absolute Gasteiger partial charge is 0.366 e. The van der Waals surface area contributed by atoms with Gasteiger partial charge in [0, 0.05) is 30.1 Å². The second-order valence-electron chi connectivity index (χ2n) is 12.0. The molecule has 3 N–H and O–H groups in total. The van der Waals surface area contributed by atoms with Crippen molar-refractivity contribution in [2.75, 3.05) is 33.7 Å². The van der Waals surface area contributed by atoms with E-state index < -0.39 is 36.0 Å².